The lowest BCUT2D eigenvalue weighted by molar-refractivity contribution is -0.115. The van der Waals surface area contributed by atoms with Crippen LogP contribution in [-0.2, 0) is 4.79 Å². The van der Waals surface area contributed by atoms with Crippen LogP contribution in [0.4, 0.5) is 5.69 Å². The van der Waals surface area contributed by atoms with E-state index in [1.54, 1.807) is 4.57 Å². The Labute approximate surface area is 132 Å². The van der Waals surface area contributed by atoms with Crippen molar-refractivity contribution in [2.45, 2.75) is 43.1 Å². The van der Waals surface area contributed by atoms with Crippen molar-refractivity contribution < 1.29 is 4.79 Å². The zero-order valence-corrected chi connectivity index (χ0v) is 13.3. The zero-order chi connectivity index (χ0) is 15.7. The van der Waals surface area contributed by atoms with Gasteiger partial charge in [0.25, 0.3) is 0 Å². The smallest absolute Gasteiger partial charge is 0.325 e. The van der Waals surface area contributed by atoms with E-state index in [0.29, 0.717) is 5.16 Å². The minimum atomic E-state index is -0.339. The molecule has 0 radical (unpaired) electrons. The van der Waals surface area contributed by atoms with Gasteiger partial charge in [0.15, 0.2) is 5.16 Å². The third kappa shape index (κ3) is 3.24. The fourth-order valence-corrected chi connectivity index (χ4v) is 3.05. The van der Waals surface area contributed by atoms with Gasteiger partial charge in [0.2, 0.25) is 5.91 Å². The maximum absolute atomic E-state index is 12.2. The number of hydrogen-bond donors (Lipinski definition) is 2. The van der Waals surface area contributed by atoms with E-state index in [4.69, 9.17) is 0 Å². The SMILES string of the molecule is Cc1ccc(NC(=O)C(C)Sc2n[nH]c(=O)n2C2CC2)cc1. The van der Waals surface area contributed by atoms with E-state index in [2.05, 4.69) is 15.5 Å². The lowest BCUT2D eigenvalue weighted by Crippen LogP contribution is -2.23. The van der Waals surface area contributed by atoms with Crippen LogP contribution in [0.25, 0.3) is 0 Å². The van der Waals surface area contributed by atoms with Crippen molar-refractivity contribution in [1.82, 2.24) is 14.8 Å². The van der Waals surface area contributed by atoms with Crippen molar-refractivity contribution in [3.8, 4) is 0 Å². The molecule has 1 aromatic carbocycles. The molecule has 1 heterocycles. The number of H-pyrrole nitrogens is 1. The minimum Gasteiger partial charge on any atom is -0.325 e. The van der Waals surface area contributed by atoms with Crippen molar-refractivity contribution in [1.29, 1.82) is 0 Å². The van der Waals surface area contributed by atoms with Crippen LogP contribution in [0.2, 0.25) is 0 Å². The third-order valence-corrected chi connectivity index (χ3v) is 4.62. The molecule has 7 heteroatoms. The highest BCUT2D eigenvalue weighted by atomic mass is 32.2. The van der Waals surface area contributed by atoms with Crippen molar-refractivity contribution in [2.24, 2.45) is 0 Å². The lowest BCUT2D eigenvalue weighted by atomic mass is 10.2. The minimum absolute atomic E-state index is 0.105. The number of hydrogen-bond acceptors (Lipinski definition) is 4. The van der Waals surface area contributed by atoms with Crippen LogP contribution in [0, 0.1) is 6.92 Å². The number of nitrogens with one attached hydrogen (secondary N) is 2. The molecule has 0 spiro atoms. The quantitative estimate of drug-likeness (QED) is 0.829. The summed E-state index contributed by atoms with van der Waals surface area (Å²) in [7, 11) is 0. The summed E-state index contributed by atoms with van der Waals surface area (Å²) in [5.41, 5.74) is 1.71. The Morgan fingerprint density at radius 1 is 1.41 bits per heavy atom. The Morgan fingerprint density at radius 3 is 2.73 bits per heavy atom. The average Bonchev–Trinajstić information content (AvgIpc) is 3.26. The molecule has 6 nitrogen and oxygen atoms in total. The Morgan fingerprint density at radius 2 is 2.09 bits per heavy atom. The second-order valence-electron chi connectivity index (χ2n) is 5.53. The summed E-state index contributed by atoms with van der Waals surface area (Å²) >= 11 is 1.30. The predicted octanol–water partition coefficient (Wildman–Crippen LogP) is 2.33. The van der Waals surface area contributed by atoms with Crippen LogP contribution in [0.5, 0.6) is 0 Å². The number of thioether (sulfide) groups is 1. The van der Waals surface area contributed by atoms with Crippen LogP contribution < -0.4 is 11.0 Å². The number of rotatable bonds is 5. The van der Waals surface area contributed by atoms with Gasteiger partial charge in [-0.15, -0.1) is 5.10 Å². The fourth-order valence-electron chi connectivity index (χ4n) is 2.12. The molecule has 1 unspecified atom stereocenters. The van der Waals surface area contributed by atoms with Gasteiger partial charge in [-0.2, -0.15) is 0 Å². The van der Waals surface area contributed by atoms with Gasteiger partial charge < -0.3 is 5.32 Å². The van der Waals surface area contributed by atoms with Gasteiger partial charge in [-0.3, -0.25) is 9.36 Å². The van der Waals surface area contributed by atoms with Gasteiger partial charge in [0, 0.05) is 11.7 Å². The highest BCUT2D eigenvalue weighted by Gasteiger charge is 2.30. The number of benzene rings is 1. The Hall–Kier alpha value is -2.02. The number of nitrogens with zero attached hydrogens (tertiary/aromatic N) is 2. The molecular weight excluding hydrogens is 300 g/mol. The lowest BCUT2D eigenvalue weighted by Gasteiger charge is -2.12. The topological polar surface area (TPSA) is 79.8 Å². The van der Waals surface area contributed by atoms with Gasteiger partial charge in [-0.1, -0.05) is 29.5 Å². The molecule has 3 rings (SSSR count). The molecule has 1 aromatic heterocycles. The van der Waals surface area contributed by atoms with Gasteiger partial charge in [0.05, 0.1) is 5.25 Å². The molecule has 0 aliphatic heterocycles. The zero-order valence-electron chi connectivity index (χ0n) is 12.5. The second-order valence-corrected chi connectivity index (χ2v) is 6.84. The molecule has 1 saturated carbocycles. The number of aromatic nitrogens is 3. The van der Waals surface area contributed by atoms with Crippen molar-refractivity contribution in [3.05, 3.63) is 40.3 Å². The van der Waals surface area contributed by atoms with Crippen LogP contribution in [0.15, 0.2) is 34.2 Å². The first-order chi connectivity index (χ1) is 10.5. The number of aromatic amines is 1. The molecule has 2 aromatic rings. The highest BCUT2D eigenvalue weighted by Crippen LogP contribution is 2.36. The normalized spacial score (nSPS) is 15.5. The summed E-state index contributed by atoms with van der Waals surface area (Å²) in [6.07, 6.45) is 1.99. The molecule has 1 atom stereocenters. The maximum Gasteiger partial charge on any atom is 0.344 e. The molecule has 2 N–H and O–H groups in total. The van der Waals surface area contributed by atoms with Crippen molar-refractivity contribution in [2.75, 3.05) is 5.32 Å². The average molecular weight is 318 g/mol. The summed E-state index contributed by atoms with van der Waals surface area (Å²) in [5.74, 6) is -0.105. The van der Waals surface area contributed by atoms with Crippen LogP contribution in [-0.4, -0.2) is 25.9 Å². The first kappa shape index (κ1) is 14.9. The summed E-state index contributed by atoms with van der Waals surface area (Å²) in [6, 6.07) is 7.89. The highest BCUT2D eigenvalue weighted by molar-refractivity contribution is 8.00. The van der Waals surface area contributed by atoms with Crippen LogP contribution >= 0.6 is 11.8 Å². The largest absolute Gasteiger partial charge is 0.344 e. The van der Waals surface area contributed by atoms with E-state index < -0.39 is 0 Å². The number of carbonyl (C=O) groups excluding carboxylic acids is 1. The van der Waals surface area contributed by atoms with E-state index in [0.717, 1.165) is 24.1 Å². The van der Waals surface area contributed by atoms with E-state index in [1.165, 1.54) is 11.8 Å². The summed E-state index contributed by atoms with van der Waals surface area (Å²) in [6.45, 7) is 3.81. The standard InChI is InChI=1S/C15H18N4O2S/c1-9-3-5-11(6-4-9)16-13(20)10(2)22-15-18-17-14(21)19(15)12-7-8-12/h3-6,10,12H,7-8H2,1-2H3,(H,16,20)(H,17,21). The first-order valence-electron chi connectivity index (χ1n) is 7.25. The second kappa shape index (κ2) is 6.00. The van der Waals surface area contributed by atoms with Gasteiger partial charge in [-0.25, -0.2) is 9.89 Å². The molecule has 1 aliphatic rings. The van der Waals surface area contributed by atoms with Crippen molar-refractivity contribution >= 4 is 23.4 Å². The van der Waals surface area contributed by atoms with E-state index in [9.17, 15) is 9.59 Å². The Bertz CT molecular complexity index is 731. The van der Waals surface area contributed by atoms with Crippen molar-refractivity contribution in [3.63, 3.8) is 0 Å². The monoisotopic (exact) mass is 318 g/mol. The molecule has 1 fully saturated rings. The van der Waals surface area contributed by atoms with Gasteiger partial charge >= 0.3 is 5.69 Å². The molecule has 0 saturated heterocycles. The molecule has 116 valence electrons. The van der Waals surface area contributed by atoms with Gasteiger partial charge in [0.1, 0.15) is 0 Å². The Balaban J connectivity index is 1.66. The molecule has 1 amide bonds. The fraction of sp³-hybridized carbons (Fsp3) is 0.400. The molecule has 22 heavy (non-hydrogen) atoms. The molecular formula is C15H18N4O2S. The molecule has 0 bridgehead atoms. The predicted molar refractivity (Wildman–Crippen MR) is 86.2 cm³/mol. The Kier molecular flexibility index (Phi) is 4.06. The summed E-state index contributed by atoms with van der Waals surface area (Å²) in [5, 5.41) is 9.61. The van der Waals surface area contributed by atoms with Crippen LogP contribution in [0.3, 0.4) is 0 Å². The number of carbonyl (C=O) groups is 1. The van der Waals surface area contributed by atoms with E-state index in [1.807, 2.05) is 38.1 Å². The number of anilines is 1. The van der Waals surface area contributed by atoms with E-state index in [-0.39, 0.29) is 22.9 Å². The summed E-state index contributed by atoms with van der Waals surface area (Å²) < 4.78 is 1.65. The van der Waals surface area contributed by atoms with Crippen LogP contribution in [0.1, 0.15) is 31.4 Å². The first-order valence-corrected chi connectivity index (χ1v) is 8.13. The van der Waals surface area contributed by atoms with Gasteiger partial charge in [-0.05, 0) is 38.8 Å². The maximum atomic E-state index is 12.2. The number of aryl methyl sites for hydroxylation is 1. The molecule has 1 aliphatic carbocycles. The number of amides is 1. The summed E-state index contributed by atoms with van der Waals surface area (Å²) in [4.78, 5) is 24.0. The third-order valence-electron chi connectivity index (χ3n) is 3.55. The van der Waals surface area contributed by atoms with E-state index >= 15 is 0 Å².